The maximum Gasteiger partial charge on any atom is 0.220 e. The van der Waals surface area contributed by atoms with Crippen molar-refractivity contribution in [3.63, 3.8) is 0 Å². The highest BCUT2D eigenvalue weighted by Gasteiger charge is 2.30. The summed E-state index contributed by atoms with van der Waals surface area (Å²) in [6.07, 6.45) is 7.85. The van der Waals surface area contributed by atoms with Gasteiger partial charge in [0.25, 0.3) is 0 Å². The van der Waals surface area contributed by atoms with E-state index in [1.807, 2.05) is 0 Å². The van der Waals surface area contributed by atoms with Gasteiger partial charge in [-0.05, 0) is 51.6 Å². The van der Waals surface area contributed by atoms with Crippen molar-refractivity contribution >= 4 is 18.3 Å². The fourth-order valence-electron chi connectivity index (χ4n) is 2.98. The van der Waals surface area contributed by atoms with Gasteiger partial charge in [0, 0.05) is 12.0 Å². The van der Waals surface area contributed by atoms with Crippen molar-refractivity contribution in [1.29, 1.82) is 0 Å². The Labute approximate surface area is 111 Å². The normalized spacial score (nSPS) is 26.5. The first-order valence-electron chi connectivity index (χ1n) is 6.70. The topological polar surface area (TPSA) is 41.1 Å². The number of nitrogens with one attached hydrogen (secondary N) is 2. The lowest BCUT2D eigenvalue weighted by Crippen LogP contribution is -2.43. The molecule has 2 rings (SSSR count). The molecule has 17 heavy (non-hydrogen) atoms. The minimum atomic E-state index is 0. The van der Waals surface area contributed by atoms with E-state index >= 15 is 0 Å². The lowest BCUT2D eigenvalue weighted by atomic mass is 9.98. The number of hydrogen-bond donors (Lipinski definition) is 2. The molecule has 1 heterocycles. The number of carbonyl (C=O) groups excluding carboxylic acids is 1. The summed E-state index contributed by atoms with van der Waals surface area (Å²) < 4.78 is 0. The van der Waals surface area contributed by atoms with Crippen molar-refractivity contribution in [2.24, 2.45) is 5.92 Å². The van der Waals surface area contributed by atoms with Crippen LogP contribution < -0.4 is 10.6 Å². The average Bonchev–Trinajstić information content (AvgIpc) is 2.86. The zero-order valence-corrected chi connectivity index (χ0v) is 11.6. The highest BCUT2D eigenvalue weighted by Crippen LogP contribution is 2.29. The Morgan fingerprint density at radius 3 is 2.71 bits per heavy atom. The fourth-order valence-corrected chi connectivity index (χ4v) is 2.98. The second-order valence-electron chi connectivity index (χ2n) is 5.71. The predicted molar refractivity (Wildman–Crippen MR) is 72.5 cm³/mol. The van der Waals surface area contributed by atoms with E-state index < -0.39 is 0 Å². The molecule has 0 radical (unpaired) electrons. The summed E-state index contributed by atoms with van der Waals surface area (Å²) in [7, 11) is 0. The monoisotopic (exact) mass is 260 g/mol. The minimum Gasteiger partial charge on any atom is -0.351 e. The summed E-state index contributed by atoms with van der Waals surface area (Å²) in [5.41, 5.74) is 0.102. The van der Waals surface area contributed by atoms with Gasteiger partial charge < -0.3 is 10.6 Å². The van der Waals surface area contributed by atoms with Crippen molar-refractivity contribution in [3.05, 3.63) is 0 Å². The van der Waals surface area contributed by atoms with Gasteiger partial charge in [-0.1, -0.05) is 12.8 Å². The van der Waals surface area contributed by atoms with E-state index in [0.29, 0.717) is 6.42 Å². The smallest absolute Gasteiger partial charge is 0.220 e. The second kappa shape index (κ2) is 6.60. The van der Waals surface area contributed by atoms with Crippen LogP contribution in [-0.4, -0.2) is 24.5 Å². The second-order valence-corrected chi connectivity index (χ2v) is 5.71. The molecule has 1 saturated carbocycles. The molecule has 2 aliphatic rings. The van der Waals surface area contributed by atoms with Crippen LogP contribution in [0.4, 0.5) is 0 Å². The summed E-state index contributed by atoms with van der Waals surface area (Å²) in [6.45, 7) is 4.42. The lowest BCUT2D eigenvalue weighted by molar-refractivity contribution is -0.123. The molecule has 0 bridgehead atoms. The molecule has 1 saturated heterocycles. The Hall–Kier alpha value is -0.280. The molecule has 2 fully saturated rings. The van der Waals surface area contributed by atoms with Crippen LogP contribution in [0, 0.1) is 5.92 Å². The van der Waals surface area contributed by atoms with Gasteiger partial charge in [0.1, 0.15) is 0 Å². The number of halogens is 1. The van der Waals surface area contributed by atoms with E-state index in [1.165, 1.54) is 19.3 Å². The Balaban J connectivity index is 0.00000144. The van der Waals surface area contributed by atoms with Crippen molar-refractivity contribution in [2.45, 2.75) is 57.4 Å². The average molecular weight is 261 g/mol. The third-order valence-corrected chi connectivity index (χ3v) is 4.09. The van der Waals surface area contributed by atoms with Crippen LogP contribution in [0.1, 0.15) is 51.9 Å². The van der Waals surface area contributed by atoms with E-state index in [9.17, 15) is 4.79 Å². The van der Waals surface area contributed by atoms with Crippen LogP contribution in [0.25, 0.3) is 0 Å². The molecule has 0 aromatic rings. The predicted octanol–water partition coefficient (Wildman–Crippen LogP) is 2.25. The Morgan fingerprint density at radius 1 is 1.41 bits per heavy atom. The van der Waals surface area contributed by atoms with Crippen LogP contribution in [0.3, 0.4) is 0 Å². The van der Waals surface area contributed by atoms with Crippen LogP contribution >= 0.6 is 12.4 Å². The summed E-state index contributed by atoms with van der Waals surface area (Å²) in [5.74, 6) is 0.985. The van der Waals surface area contributed by atoms with E-state index in [0.717, 1.165) is 38.3 Å². The summed E-state index contributed by atoms with van der Waals surface area (Å²) in [4.78, 5) is 11.8. The molecular formula is C13H25ClN2O. The third kappa shape index (κ3) is 4.47. The van der Waals surface area contributed by atoms with Crippen molar-refractivity contribution in [1.82, 2.24) is 10.6 Å². The number of rotatable bonds is 4. The van der Waals surface area contributed by atoms with Crippen LogP contribution in [0.2, 0.25) is 0 Å². The number of amides is 1. The van der Waals surface area contributed by atoms with Crippen LogP contribution in [-0.2, 0) is 4.79 Å². The minimum absolute atomic E-state index is 0. The molecule has 1 atom stereocenters. The van der Waals surface area contributed by atoms with Gasteiger partial charge in [-0.15, -0.1) is 12.4 Å². The van der Waals surface area contributed by atoms with Gasteiger partial charge in [-0.3, -0.25) is 4.79 Å². The Kier molecular flexibility index (Phi) is 5.74. The van der Waals surface area contributed by atoms with Crippen molar-refractivity contribution < 1.29 is 4.79 Å². The quantitative estimate of drug-likeness (QED) is 0.814. The maximum atomic E-state index is 11.8. The van der Waals surface area contributed by atoms with E-state index in [4.69, 9.17) is 0 Å². The third-order valence-electron chi connectivity index (χ3n) is 4.09. The molecule has 1 aliphatic carbocycles. The molecule has 1 unspecified atom stereocenters. The summed E-state index contributed by atoms with van der Waals surface area (Å²) >= 11 is 0. The molecule has 2 N–H and O–H groups in total. The van der Waals surface area contributed by atoms with Gasteiger partial charge >= 0.3 is 0 Å². The van der Waals surface area contributed by atoms with E-state index in [1.54, 1.807) is 0 Å². The SMILES string of the molecule is CC1(NC(=O)CCC2CCNC2)CCCC1.Cl. The van der Waals surface area contributed by atoms with E-state index in [-0.39, 0.29) is 23.9 Å². The van der Waals surface area contributed by atoms with Crippen molar-refractivity contribution in [3.8, 4) is 0 Å². The highest BCUT2D eigenvalue weighted by atomic mass is 35.5. The number of carbonyl (C=O) groups is 1. The van der Waals surface area contributed by atoms with E-state index in [2.05, 4.69) is 17.6 Å². The van der Waals surface area contributed by atoms with Gasteiger partial charge in [0.2, 0.25) is 5.91 Å². The first kappa shape index (κ1) is 14.8. The fraction of sp³-hybridized carbons (Fsp3) is 0.923. The van der Waals surface area contributed by atoms with Gasteiger partial charge in [-0.25, -0.2) is 0 Å². The maximum absolute atomic E-state index is 11.8. The summed E-state index contributed by atoms with van der Waals surface area (Å²) in [5, 5.41) is 6.56. The highest BCUT2D eigenvalue weighted by molar-refractivity contribution is 5.85. The zero-order chi connectivity index (χ0) is 11.4. The first-order valence-corrected chi connectivity index (χ1v) is 6.70. The van der Waals surface area contributed by atoms with Crippen LogP contribution in [0.5, 0.6) is 0 Å². The largest absolute Gasteiger partial charge is 0.351 e. The zero-order valence-electron chi connectivity index (χ0n) is 10.8. The molecule has 1 amide bonds. The molecular weight excluding hydrogens is 236 g/mol. The standard InChI is InChI=1S/C13H24N2O.ClH/c1-13(7-2-3-8-13)15-12(16)5-4-11-6-9-14-10-11;/h11,14H,2-10H2,1H3,(H,15,16);1H. The Morgan fingerprint density at radius 2 is 2.12 bits per heavy atom. The first-order chi connectivity index (χ1) is 7.68. The molecule has 100 valence electrons. The molecule has 0 aromatic heterocycles. The molecule has 0 spiro atoms. The van der Waals surface area contributed by atoms with Crippen molar-refractivity contribution in [2.75, 3.05) is 13.1 Å². The summed E-state index contributed by atoms with van der Waals surface area (Å²) in [6, 6.07) is 0. The van der Waals surface area contributed by atoms with Crippen LogP contribution in [0.15, 0.2) is 0 Å². The molecule has 4 heteroatoms. The Bertz CT molecular complexity index is 246. The molecule has 3 nitrogen and oxygen atoms in total. The molecule has 0 aromatic carbocycles. The lowest BCUT2D eigenvalue weighted by Gasteiger charge is -2.25. The van der Waals surface area contributed by atoms with Gasteiger partial charge in [0.15, 0.2) is 0 Å². The van der Waals surface area contributed by atoms with Gasteiger partial charge in [-0.2, -0.15) is 0 Å². The van der Waals surface area contributed by atoms with Gasteiger partial charge in [0.05, 0.1) is 0 Å². The molecule has 1 aliphatic heterocycles. The number of hydrogen-bond acceptors (Lipinski definition) is 2.